The van der Waals surface area contributed by atoms with Gasteiger partial charge >= 0.3 is 0 Å². The Morgan fingerprint density at radius 1 is 1.39 bits per heavy atom. The molecule has 7 nitrogen and oxygen atoms in total. The molecule has 0 bridgehead atoms. The molecule has 3 rings (SSSR count). The zero-order chi connectivity index (χ0) is 16.6. The molecular formula is C14H16N4O3S2. The predicted molar refractivity (Wildman–Crippen MR) is 89.3 cm³/mol. The molecule has 0 atom stereocenters. The van der Waals surface area contributed by atoms with E-state index in [1.54, 1.807) is 0 Å². The van der Waals surface area contributed by atoms with Crippen molar-refractivity contribution in [2.24, 2.45) is 0 Å². The van der Waals surface area contributed by atoms with Crippen molar-refractivity contribution in [2.75, 3.05) is 19.4 Å². The molecule has 0 radical (unpaired) electrons. The van der Waals surface area contributed by atoms with E-state index < -0.39 is 10.2 Å². The summed E-state index contributed by atoms with van der Waals surface area (Å²) in [6.07, 6.45) is 0.378. The summed E-state index contributed by atoms with van der Waals surface area (Å²) in [6, 6.07) is 5.70. The third-order valence-electron chi connectivity index (χ3n) is 3.46. The lowest BCUT2D eigenvalue weighted by atomic mass is 10.1. The summed E-state index contributed by atoms with van der Waals surface area (Å²) in [5, 5.41) is 5.35. The smallest absolute Gasteiger partial charge is 0.279 e. The molecule has 0 saturated carbocycles. The van der Waals surface area contributed by atoms with Crippen LogP contribution in [-0.4, -0.2) is 37.7 Å². The van der Waals surface area contributed by atoms with Gasteiger partial charge in [-0.3, -0.25) is 4.79 Å². The molecule has 1 aromatic heterocycles. The molecule has 1 amide bonds. The summed E-state index contributed by atoms with van der Waals surface area (Å²) in [5.74, 6) is -0.00536. The van der Waals surface area contributed by atoms with E-state index in [0.29, 0.717) is 11.4 Å². The molecule has 1 aliphatic rings. The molecule has 0 spiro atoms. The van der Waals surface area contributed by atoms with Gasteiger partial charge in [0, 0.05) is 30.7 Å². The number of nitrogens with zero attached hydrogens (tertiary/aromatic N) is 2. The first-order valence-corrected chi connectivity index (χ1v) is 9.22. The van der Waals surface area contributed by atoms with E-state index in [2.05, 4.69) is 15.0 Å². The number of amides is 1. The molecule has 1 aromatic carbocycles. The van der Waals surface area contributed by atoms with Crippen LogP contribution in [0.3, 0.4) is 0 Å². The molecule has 0 fully saturated rings. The number of hydrogen-bond donors (Lipinski definition) is 2. The van der Waals surface area contributed by atoms with Gasteiger partial charge in [0.2, 0.25) is 5.91 Å². The maximum atomic E-state index is 11.7. The lowest BCUT2D eigenvalue weighted by Crippen LogP contribution is -2.35. The molecule has 2 N–H and O–H groups in total. The van der Waals surface area contributed by atoms with Crippen LogP contribution in [0.1, 0.15) is 10.6 Å². The van der Waals surface area contributed by atoms with Gasteiger partial charge in [0.1, 0.15) is 5.01 Å². The number of carbonyl (C=O) groups excluding carboxylic acids is 1. The number of thiazole rings is 1. The highest BCUT2D eigenvalue weighted by molar-refractivity contribution is 7.87. The zero-order valence-corrected chi connectivity index (χ0v) is 14.3. The molecule has 1 aliphatic heterocycles. The van der Waals surface area contributed by atoms with E-state index in [0.717, 1.165) is 26.8 Å². The molecule has 9 heteroatoms. The average Bonchev–Trinajstić information content (AvgIpc) is 3.09. The summed E-state index contributed by atoms with van der Waals surface area (Å²) in [4.78, 5) is 15.8. The number of aromatic nitrogens is 1. The fourth-order valence-electron chi connectivity index (χ4n) is 2.20. The minimum atomic E-state index is -3.46. The fourth-order valence-corrected chi connectivity index (χ4v) is 3.61. The Balaban J connectivity index is 1.75. The molecular weight excluding hydrogens is 336 g/mol. The van der Waals surface area contributed by atoms with Crippen molar-refractivity contribution in [3.8, 4) is 11.3 Å². The van der Waals surface area contributed by atoms with Gasteiger partial charge in [-0.1, -0.05) is 6.07 Å². The van der Waals surface area contributed by atoms with Crippen molar-refractivity contribution in [1.29, 1.82) is 0 Å². The number of rotatable bonds is 5. The van der Waals surface area contributed by atoms with Crippen LogP contribution in [0.25, 0.3) is 11.3 Å². The highest BCUT2D eigenvalue weighted by Gasteiger charge is 2.18. The van der Waals surface area contributed by atoms with E-state index in [9.17, 15) is 13.2 Å². The Hall–Kier alpha value is -1.81. The van der Waals surface area contributed by atoms with Crippen molar-refractivity contribution in [3.05, 3.63) is 34.2 Å². The SMILES string of the molecule is CN(C)S(=O)(=O)NCc1nc(-c2ccc3c(c2)CC(=O)N3)cs1. The van der Waals surface area contributed by atoms with Gasteiger partial charge < -0.3 is 5.32 Å². The number of benzene rings is 1. The van der Waals surface area contributed by atoms with E-state index in [4.69, 9.17) is 0 Å². The highest BCUT2D eigenvalue weighted by atomic mass is 32.2. The van der Waals surface area contributed by atoms with Crippen LogP contribution in [0.5, 0.6) is 0 Å². The first kappa shape index (κ1) is 16.1. The molecule has 2 heterocycles. The maximum Gasteiger partial charge on any atom is 0.279 e. The Bertz CT molecular complexity index is 859. The Labute approximate surface area is 138 Å². The summed E-state index contributed by atoms with van der Waals surface area (Å²) < 4.78 is 27.0. The third-order valence-corrected chi connectivity index (χ3v) is 5.78. The number of carbonyl (C=O) groups is 1. The molecule has 0 aliphatic carbocycles. The highest BCUT2D eigenvalue weighted by Crippen LogP contribution is 2.29. The van der Waals surface area contributed by atoms with Crippen molar-refractivity contribution < 1.29 is 13.2 Å². The number of nitrogens with one attached hydrogen (secondary N) is 2. The van der Waals surface area contributed by atoms with Crippen LogP contribution in [-0.2, 0) is 28.0 Å². The lowest BCUT2D eigenvalue weighted by molar-refractivity contribution is -0.115. The number of fused-ring (bicyclic) bond motifs is 1. The van der Waals surface area contributed by atoms with Gasteiger partial charge in [0.05, 0.1) is 18.7 Å². The Morgan fingerprint density at radius 2 is 2.17 bits per heavy atom. The maximum absolute atomic E-state index is 11.7. The van der Waals surface area contributed by atoms with E-state index in [-0.39, 0.29) is 12.5 Å². The normalized spacial score (nSPS) is 14.1. The van der Waals surface area contributed by atoms with Gasteiger partial charge in [-0.05, 0) is 17.7 Å². The first-order chi connectivity index (χ1) is 10.8. The van der Waals surface area contributed by atoms with Gasteiger partial charge in [-0.15, -0.1) is 11.3 Å². The van der Waals surface area contributed by atoms with Crippen molar-refractivity contribution in [3.63, 3.8) is 0 Å². The summed E-state index contributed by atoms with van der Waals surface area (Å²) in [5.41, 5.74) is 3.48. The van der Waals surface area contributed by atoms with Gasteiger partial charge in [0.15, 0.2) is 0 Å². The van der Waals surface area contributed by atoms with Crippen LogP contribution in [0, 0.1) is 0 Å². The Morgan fingerprint density at radius 3 is 2.91 bits per heavy atom. The van der Waals surface area contributed by atoms with Crippen LogP contribution in [0.2, 0.25) is 0 Å². The van der Waals surface area contributed by atoms with Crippen LogP contribution >= 0.6 is 11.3 Å². The second-order valence-corrected chi connectivity index (χ2v) is 8.24. The second kappa shape index (κ2) is 6.00. The average molecular weight is 352 g/mol. The van der Waals surface area contributed by atoms with Gasteiger partial charge in [-0.25, -0.2) is 4.98 Å². The molecule has 0 unspecified atom stereocenters. The summed E-state index contributed by atoms with van der Waals surface area (Å²) >= 11 is 1.39. The largest absolute Gasteiger partial charge is 0.326 e. The molecule has 2 aromatic rings. The van der Waals surface area contributed by atoms with Crippen LogP contribution in [0.15, 0.2) is 23.6 Å². The van der Waals surface area contributed by atoms with Gasteiger partial charge in [0.25, 0.3) is 10.2 Å². The standard InChI is InChI=1S/C14H16N4O3S2/c1-18(2)23(20,21)15-7-14-17-12(8-22-14)9-3-4-11-10(5-9)6-13(19)16-11/h3-5,8,15H,6-7H2,1-2H3,(H,16,19). The lowest BCUT2D eigenvalue weighted by Gasteiger charge is -2.10. The van der Waals surface area contributed by atoms with Crippen LogP contribution < -0.4 is 10.0 Å². The number of anilines is 1. The topological polar surface area (TPSA) is 91.4 Å². The van der Waals surface area contributed by atoms with E-state index >= 15 is 0 Å². The zero-order valence-electron chi connectivity index (χ0n) is 12.7. The van der Waals surface area contributed by atoms with Crippen molar-refractivity contribution in [1.82, 2.24) is 14.0 Å². The summed E-state index contributed by atoms with van der Waals surface area (Å²) in [6.45, 7) is 0.149. The fraction of sp³-hybridized carbons (Fsp3) is 0.286. The van der Waals surface area contributed by atoms with E-state index in [1.165, 1.54) is 25.4 Å². The minimum Gasteiger partial charge on any atom is -0.326 e. The van der Waals surface area contributed by atoms with Crippen molar-refractivity contribution >= 4 is 33.1 Å². The van der Waals surface area contributed by atoms with Crippen LogP contribution in [0.4, 0.5) is 5.69 Å². The molecule has 122 valence electrons. The first-order valence-electron chi connectivity index (χ1n) is 6.90. The monoisotopic (exact) mass is 352 g/mol. The van der Waals surface area contributed by atoms with Gasteiger partial charge in [-0.2, -0.15) is 17.4 Å². The molecule has 0 saturated heterocycles. The third kappa shape index (κ3) is 3.42. The number of hydrogen-bond acceptors (Lipinski definition) is 5. The Kier molecular flexibility index (Phi) is 4.19. The summed E-state index contributed by atoms with van der Waals surface area (Å²) in [7, 11) is -0.526. The van der Waals surface area contributed by atoms with E-state index in [1.807, 2.05) is 23.6 Å². The van der Waals surface area contributed by atoms with Crippen molar-refractivity contribution in [2.45, 2.75) is 13.0 Å². The molecule has 23 heavy (non-hydrogen) atoms. The minimum absolute atomic E-state index is 0.00536. The second-order valence-electron chi connectivity index (χ2n) is 5.33. The predicted octanol–water partition coefficient (Wildman–Crippen LogP) is 1.20. The quantitative estimate of drug-likeness (QED) is 0.846.